The van der Waals surface area contributed by atoms with Crippen LogP contribution in [0.2, 0.25) is 0 Å². The molecule has 0 fully saturated rings. The number of aryl methyl sites for hydroxylation is 1. The van der Waals surface area contributed by atoms with Gasteiger partial charge in [-0.2, -0.15) is 0 Å². The van der Waals surface area contributed by atoms with Gasteiger partial charge in [0.1, 0.15) is 0 Å². The van der Waals surface area contributed by atoms with Crippen molar-refractivity contribution in [1.29, 1.82) is 0 Å². The van der Waals surface area contributed by atoms with Gasteiger partial charge in [0, 0.05) is 26.9 Å². The Hall–Kier alpha value is -0.900. The fourth-order valence-corrected chi connectivity index (χ4v) is 2.34. The van der Waals surface area contributed by atoms with E-state index >= 15 is 0 Å². The van der Waals surface area contributed by atoms with Crippen LogP contribution in [0, 0.1) is 12.8 Å². The molecule has 0 bridgehead atoms. The topological polar surface area (TPSA) is 30.5 Å². The summed E-state index contributed by atoms with van der Waals surface area (Å²) in [6.07, 6.45) is 3.20. The molecule has 1 aromatic carbocycles. The summed E-state index contributed by atoms with van der Waals surface area (Å²) in [5.41, 5.74) is 2.74. The molecule has 3 nitrogen and oxygen atoms in total. The van der Waals surface area contributed by atoms with Crippen molar-refractivity contribution in [2.45, 2.75) is 33.1 Å². The van der Waals surface area contributed by atoms with Crippen molar-refractivity contribution in [3.63, 3.8) is 0 Å². The summed E-state index contributed by atoms with van der Waals surface area (Å²) in [5, 5.41) is 3.47. The van der Waals surface area contributed by atoms with Crippen molar-refractivity contribution >= 4 is 0 Å². The van der Waals surface area contributed by atoms with E-state index in [9.17, 15) is 0 Å². The lowest BCUT2D eigenvalue weighted by atomic mass is 9.96. The third-order valence-corrected chi connectivity index (χ3v) is 3.64. The monoisotopic (exact) mass is 293 g/mol. The number of methoxy groups -OCH3 is 1. The lowest BCUT2D eigenvalue weighted by Crippen LogP contribution is -2.25. The molecule has 0 spiro atoms. The number of benzene rings is 1. The van der Waals surface area contributed by atoms with E-state index in [1.165, 1.54) is 11.1 Å². The van der Waals surface area contributed by atoms with Crippen LogP contribution in [0.25, 0.3) is 0 Å². The summed E-state index contributed by atoms with van der Waals surface area (Å²) < 4.78 is 10.7. The molecular weight excluding hydrogens is 262 g/mol. The first kappa shape index (κ1) is 18.1. The maximum atomic E-state index is 5.70. The number of nitrogens with one attached hydrogen (secondary N) is 1. The van der Waals surface area contributed by atoms with Gasteiger partial charge in [-0.3, -0.25) is 0 Å². The van der Waals surface area contributed by atoms with E-state index in [1.807, 2.05) is 0 Å². The number of rotatable bonds is 12. The molecule has 3 heteroatoms. The Morgan fingerprint density at radius 3 is 2.52 bits per heavy atom. The lowest BCUT2D eigenvalue weighted by molar-refractivity contribution is 0.0936. The molecule has 0 radical (unpaired) electrons. The van der Waals surface area contributed by atoms with Crippen LogP contribution in [0.3, 0.4) is 0 Å². The molecule has 0 aliphatic carbocycles. The molecule has 0 amide bonds. The van der Waals surface area contributed by atoms with Crippen molar-refractivity contribution in [2.75, 3.05) is 40.0 Å². The van der Waals surface area contributed by atoms with Gasteiger partial charge in [-0.05, 0) is 50.8 Å². The SMILES string of the molecule is CCNCC(CCOCCCOC)Cc1ccc(C)cc1. The van der Waals surface area contributed by atoms with Gasteiger partial charge >= 0.3 is 0 Å². The Morgan fingerprint density at radius 2 is 1.86 bits per heavy atom. The van der Waals surface area contributed by atoms with Gasteiger partial charge in [0.15, 0.2) is 0 Å². The summed E-state index contributed by atoms with van der Waals surface area (Å²) in [6, 6.07) is 8.88. The van der Waals surface area contributed by atoms with E-state index in [2.05, 4.69) is 43.4 Å². The molecule has 0 aliphatic rings. The molecule has 0 saturated heterocycles. The highest BCUT2D eigenvalue weighted by Gasteiger charge is 2.09. The van der Waals surface area contributed by atoms with Crippen molar-refractivity contribution in [1.82, 2.24) is 5.32 Å². The van der Waals surface area contributed by atoms with E-state index in [1.54, 1.807) is 7.11 Å². The molecule has 0 saturated carbocycles. The van der Waals surface area contributed by atoms with Crippen molar-refractivity contribution in [3.05, 3.63) is 35.4 Å². The van der Waals surface area contributed by atoms with E-state index in [0.29, 0.717) is 5.92 Å². The first-order valence-electron chi connectivity index (χ1n) is 8.09. The molecule has 1 atom stereocenters. The molecule has 21 heavy (non-hydrogen) atoms. The second kappa shape index (κ2) is 11.7. The minimum Gasteiger partial charge on any atom is -0.385 e. The lowest BCUT2D eigenvalue weighted by Gasteiger charge is -2.17. The van der Waals surface area contributed by atoms with E-state index in [4.69, 9.17) is 9.47 Å². The van der Waals surface area contributed by atoms with Crippen molar-refractivity contribution in [2.24, 2.45) is 5.92 Å². The van der Waals surface area contributed by atoms with E-state index < -0.39 is 0 Å². The molecule has 0 aliphatic heterocycles. The average Bonchev–Trinajstić information content (AvgIpc) is 2.50. The highest BCUT2D eigenvalue weighted by molar-refractivity contribution is 5.21. The van der Waals surface area contributed by atoms with E-state index in [0.717, 1.165) is 52.2 Å². The zero-order valence-corrected chi connectivity index (χ0v) is 13.9. The molecule has 0 heterocycles. The molecule has 1 unspecified atom stereocenters. The summed E-state index contributed by atoms with van der Waals surface area (Å²) >= 11 is 0. The predicted octanol–water partition coefficient (Wildman–Crippen LogP) is 3.21. The maximum Gasteiger partial charge on any atom is 0.0487 e. The number of ether oxygens (including phenoxy) is 2. The van der Waals surface area contributed by atoms with Gasteiger partial charge in [-0.1, -0.05) is 36.8 Å². The van der Waals surface area contributed by atoms with Crippen LogP contribution in [0.5, 0.6) is 0 Å². The van der Waals surface area contributed by atoms with Crippen LogP contribution in [0.15, 0.2) is 24.3 Å². The summed E-state index contributed by atoms with van der Waals surface area (Å²) in [5.74, 6) is 0.634. The third kappa shape index (κ3) is 8.86. The van der Waals surface area contributed by atoms with Gasteiger partial charge in [0.25, 0.3) is 0 Å². The van der Waals surface area contributed by atoms with Gasteiger partial charge in [0.2, 0.25) is 0 Å². The second-order valence-corrected chi connectivity index (χ2v) is 5.61. The summed E-state index contributed by atoms with van der Waals surface area (Å²) in [4.78, 5) is 0. The van der Waals surface area contributed by atoms with Gasteiger partial charge in [-0.15, -0.1) is 0 Å². The van der Waals surface area contributed by atoms with E-state index in [-0.39, 0.29) is 0 Å². The molecule has 1 N–H and O–H groups in total. The molecule has 1 rings (SSSR count). The van der Waals surface area contributed by atoms with Crippen LogP contribution in [-0.4, -0.2) is 40.0 Å². The maximum absolute atomic E-state index is 5.70. The Labute approximate surface area is 130 Å². The second-order valence-electron chi connectivity index (χ2n) is 5.61. The fraction of sp³-hybridized carbons (Fsp3) is 0.667. The zero-order valence-electron chi connectivity index (χ0n) is 13.9. The Kier molecular flexibility index (Phi) is 10.1. The molecule has 120 valence electrons. The quantitative estimate of drug-likeness (QED) is 0.600. The minimum atomic E-state index is 0.634. The highest BCUT2D eigenvalue weighted by atomic mass is 16.5. The molecular formula is C18H31NO2. The smallest absolute Gasteiger partial charge is 0.0487 e. The standard InChI is InChI=1S/C18H31NO2/c1-4-19-15-18(10-13-21-12-5-11-20-3)14-17-8-6-16(2)7-9-17/h6-9,18-19H,4-5,10-15H2,1-3H3. The first-order chi connectivity index (χ1) is 10.3. The van der Waals surface area contributed by atoms with Crippen LogP contribution >= 0.6 is 0 Å². The highest BCUT2D eigenvalue weighted by Crippen LogP contribution is 2.13. The Bertz CT molecular complexity index is 351. The van der Waals surface area contributed by atoms with Gasteiger partial charge in [-0.25, -0.2) is 0 Å². The zero-order chi connectivity index (χ0) is 15.3. The molecule has 1 aromatic rings. The largest absolute Gasteiger partial charge is 0.385 e. The van der Waals surface area contributed by atoms with Crippen LogP contribution in [-0.2, 0) is 15.9 Å². The van der Waals surface area contributed by atoms with Crippen molar-refractivity contribution in [3.8, 4) is 0 Å². The third-order valence-electron chi connectivity index (χ3n) is 3.64. The van der Waals surface area contributed by atoms with Gasteiger partial charge < -0.3 is 14.8 Å². The summed E-state index contributed by atoms with van der Waals surface area (Å²) in [7, 11) is 1.73. The first-order valence-corrected chi connectivity index (χ1v) is 8.09. The Balaban J connectivity index is 2.31. The Morgan fingerprint density at radius 1 is 1.10 bits per heavy atom. The number of hydrogen-bond acceptors (Lipinski definition) is 3. The number of hydrogen-bond donors (Lipinski definition) is 1. The van der Waals surface area contributed by atoms with Crippen LogP contribution in [0.4, 0.5) is 0 Å². The average molecular weight is 293 g/mol. The van der Waals surface area contributed by atoms with Crippen molar-refractivity contribution < 1.29 is 9.47 Å². The van der Waals surface area contributed by atoms with Gasteiger partial charge in [0.05, 0.1) is 0 Å². The summed E-state index contributed by atoms with van der Waals surface area (Å²) in [6.45, 7) is 8.80. The minimum absolute atomic E-state index is 0.634. The molecule has 0 aromatic heterocycles. The van der Waals surface area contributed by atoms with Crippen LogP contribution in [0.1, 0.15) is 30.9 Å². The normalized spacial score (nSPS) is 12.5. The fourth-order valence-electron chi connectivity index (χ4n) is 2.34. The predicted molar refractivity (Wildman–Crippen MR) is 88.8 cm³/mol. The van der Waals surface area contributed by atoms with Crippen LogP contribution < -0.4 is 5.32 Å².